The van der Waals surface area contributed by atoms with Crippen molar-refractivity contribution in [2.24, 2.45) is 0 Å². The molecule has 27 heavy (non-hydrogen) atoms. The number of piperidine rings is 1. The number of benzene rings is 1. The highest BCUT2D eigenvalue weighted by atomic mass is 19.3. The van der Waals surface area contributed by atoms with Crippen molar-refractivity contribution in [3.8, 4) is 11.5 Å². The summed E-state index contributed by atoms with van der Waals surface area (Å²) >= 11 is 0. The molecule has 2 amide bonds. The zero-order valence-corrected chi connectivity index (χ0v) is 15.5. The molecule has 1 saturated heterocycles. The summed E-state index contributed by atoms with van der Waals surface area (Å²) in [4.78, 5) is 25.2. The maximum absolute atomic E-state index is 14.2. The van der Waals surface area contributed by atoms with Crippen molar-refractivity contribution < 1.29 is 27.8 Å². The Morgan fingerprint density at radius 3 is 2.78 bits per heavy atom. The second-order valence-electron chi connectivity index (χ2n) is 6.21. The Morgan fingerprint density at radius 1 is 1.41 bits per heavy atom. The highest BCUT2D eigenvalue weighted by Gasteiger charge is 2.45. The number of methoxy groups -OCH3 is 1. The molecule has 0 saturated carbocycles. The van der Waals surface area contributed by atoms with Crippen LogP contribution >= 0.6 is 0 Å². The number of amides is 2. The first kappa shape index (κ1) is 20.7. The maximum atomic E-state index is 14.2. The van der Waals surface area contributed by atoms with E-state index in [4.69, 9.17) is 9.47 Å². The summed E-state index contributed by atoms with van der Waals surface area (Å²) in [6.45, 7) is 5.34. The Hall–Kier alpha value is -2.64. The molecule has 0 unspecified atom stereocenters. The molecule has 0 spiro atoms. The molecule has 1 aromatic carbocycles. The molecule has 148 valence electrons. The lowest BCUT2D eigenvalue weighted by Crippen LogP contribution is -2.59. The molecule has 0 aliphatic carbocycles. The first-order valence-electron chi connectivity index (χ1n) is 8.69. The van der Waals surface area contributed by atoms with Crippen LogP contribution in [0.15, 0.2) is 30.9 Å². The van der Waals surface area contributed by atoms with Crippen LogP contribution in [0.5, 0.6) is 11.5 Å². The molecule has 1 aromatic rings. The van der Waals surface area contributed by atoms with Gasteiger partial charge in [-0.3, -0.25) is 9.59 Å². The average molecular weight is 382 g/mol. The van der Waals surface area contributed by atoms with Crippen LogP contribution in [0, 0.1) is 0 Å². The molecule has 0 aromatic heterocycles. The zero-order chi connectivity index (χ0) is 20.0. The van der Waals surface area contributed by atoms with Gasteiger partial charge in [0.05, 0.1) is 20.1 Å². The molecule has 1 fully saturated rings. The summed E-state index contributed by atoms with van der Waals surface area (Å²) in [6, 6.07) is 3.55. The van der Waals surface area contributed by atoms with Crippen molar-refractivity contribution in [3.05, 3.63) is 36.4 Å². The Morgan fingerprint density at radius 2 is 2.15 bits per heavy atom. The minimum absolute atomic E-state index is 0.0691. The first-order valence-corrected chi connectivity index (χ1v) is 8.69. The van der Waals surface area contributed by atoms with E-state index in [0.29, 0.717) is 23.7 Å². The van der Waals surface area contributed by atoms with Gasteiger partial charge < -0.3 is 19.7 Å². The number of alkyl halides is 2. The summed E-state index contributed by atoms with van der Waals surface area (Å²) < 4.78 is 38.9. The SMILES string of the molecule is C=CC(=O)N1CCC(F)(F)[C@H](NC(=O)Cc2ccc(OCC)c(OC)c2)C1. The topological polar surface area (TPSA) is 67.9 Å². The molecule has 8 heteroatoms. The van der Waals surface area contributed by atoms with Crippen LogP contribution < -0.4 is 14.8 Å². The zero-order valence-electron chi connectivity index (χ0n) is 15.5. The van der Waals surface area contributed by atoms with Crippen LogP contribution in [0.25, 0.3) is 0 Å². The number of likely N-dealkylation sites (tertiary alicyclic amines) is 1. The maximum Gasteiger partial charge on any atom is 0.271 e. The molecule has 1 N–H and O–H groups in total. The number of rotatable bonds is 7. The number of ether oxygens (including phenoxy) is 2. The van der Waals surface area contributed by atoms with Crippen molar-refractivity contribution in [1.29, 1.82) is 0 Å². The summed E-state index contributed by atoms with van der Waals surface area (Å²) in [7, 11) is 1.48. The number of nitrogens with zero attached hydrogens (tertiary/aromatic N) is 1. The van der Waals surface area contributed by atoms with Gasteiger partial charge in [0.15, 0.2) is 11.5 Å². The second-order valence-corrected chi connectivity index (χ2v) is 6.21. The molecule has 0 radical (unpaired) electrons. The Labute approximate surface area is 157 Å². The van der Waals surface area contributed by atoms with E-state index >= 15 is 0 Å². The van der Waals surface area contributed by atoms with Gasteiger partial charge in [-0.2, -0.15) is 0 Å². The summed E-state index contributed by atoms with van der Waals surface area (Å²) in [5.41, 5.74) is 0.603. The Bertz CT molecular complexity index is 709. The van der Waals surface area contributed by atoms with E-state index in [2.05, 4.69) is 11.9 Å². The van der Waals surface area contributed by atoms with Crippen molar-refractivity contribution in [2.75, 3.05) is 26.8 Å². The smallest absolute Gasteiger partial charge is 0.271 e. The Balaban J connectivity index is 2.05. The van der Waals surface area contributed by atoms with E-state index in [0.717, 1.165) is 6.08 Å². The summed E-state index contributed by atoms with van der Waals surface area (Å²) in [5, 5.41) is 2.35. The van der Waals surface area contributed by atoms with Crippen LogP contribution in [0.3, 0.4) is 0 Å². The van der Waals surface area contributed by atoms with Crippen LogP contribution in [0.2, 0.25) is 0 Å². The third-order valence-electron chi connectivity index (χ3n) is 4.34. The highest BCUT2D eigenvalue weighted by molar-refractivity contribution is 5.87. The number of hydrogen-bond donors (Lipinski definition) is 1. The van der Waals surface area contributed by atoms with Crippen LogP contribution in [0.1, 0.15) is 18.9 Å². The lowest BCUT2D eigenvalue weighted by molar-refractivity contribution is -0.140. The fraction of sp³-hybridized carbons (Fsp3) is 0.474. The van der Waals surface area contributed by atoms with Crippen LogP contribution in [-0.4, -0.2) is 55.5 Å². The molecule has 6 nitrogen and oxygen atoms in total. The van der Waals surface area contributed by atoms with Gasteiger partial charge in [-0.25, -0.2) is 8.78 Å². The minimum atomic E-state index is -3.08. The van der Waals surface area contributed by atoms with Gasteiger partial charge in [-0.15, -0.1) is 0 Å². The molecular formula is C19H24F2N2O4. The van der Waals surface area contributed by atoms with Gasteiger partial charge in [-0.05, 0) is 30.7 Å². The molecule has 1 heterocycles. The van der Waals surface area contributed by atoms with Crippen molar-refractivity contribution in [1.82, 2.24) is 10.2 Å². The normalized spacial score (nSPS) is 18.5. The molecule has 0 bridgehead atoms. The monoisotopic (exact) mass is 382 g/mol. The molecule has 2 rings (SSSR count). The van der Waals surface area contributed by atoms with E-state index in [9.17, 15) is 18.4 Å². The van der Waals surface area contributed by atoms with E-state index in [1.54, 1.807) is 18.2 Å². The van der Waals surface area contributed by atoms with Crippen molar-refractivity contribution in [2.45, 2.75) is 31.7 Å². The molecule has 1 atom stereocenters. The number of halogens is 2. The standard InChI is InChI=1S/C19H24F2N2O4/c1-4-18(25)23-9-8-19(20,21)16(12-23)22-17(24)11-13-6-7-14(27-5-2)15(10-13)26-3/h4,6-7,10,16H,1,5,8-9,11-12H2,2-3H3,(H,22,24)/t16-/m1/s1. The molecule has 1 aliphatic heterocycles. The van der Waals surface area contributed by atoms with Gasteiger partial charge in [0.2, 0.25) is 11.8 Å². The van der Waals surface area contributed by atoms with Gasteiger partial charge in [0, 0.05) is 19.5 Å². The lowest BCUT2D eigenvalue weighted by atomic mass is 10.00. The van der Waals surface area contributed by atoms with E-state index in [1.807, 2.05) is 6.92 Å². The molecule has 1 aliphatic rings. The predicted molar refractivity (Wildman–Crippen MR) is 96.1 cm³/mol. The third kappa shape index (κ3) is 5.18. The predicted octanol–water partition coefficient (Wildman–Crippen LogP) is 2.17. The first-order chi connectivity index (χ1) is 12.8. The van der Waals surface area contributed by atoms with Gasteiger partial charge in [0.25, 0.3) is 5.92 Å². The van der Waals surface area contributed by atoms with Gasteiger partial charge in [-0.1, -0.05) is 12.6 Å². The quantitative estimate of drug-likeness (QED) is 0.734. The minimum Gasteiger partial charge on any atom is -0.493 e. The highest BCUT2D eigenvalue weighted by Crippen LogP contribution is 2.30. The largest absolute Gasteiger partial charge is 0.493 e. The Kier molecular flexibility index (Phi) is 6.76. The lowest BCUT2D eigenvalue weighted by Gasteiger charge is -2.38. The van der Waals surface area contributed by atoms with E-state index in [1.165, 1.54) is 12.0 Å². The summed E-state index contributed by atoms with van der Waals surface area (Å²) in [6.07, 6.45) is 0.480. The number of nitrogens with one attached hydrogen (secondary N) is 1. The number of hydrogen-bond acceptors (Lipinski definition) is 4. The number of carbonyl (C=O) groups excluding carboxylic acids is 2. The fourth-order valence-electron chi connectivity index (χ4n) is 2.91. The van der Waals surface area contributed by atoms with Crippen LogP contribution in [0.4, 0.5) is 8.78 Å². The third-order valence-corrected chi connectivity index (χ3v) is 4.34. The summed E-state index contributed by atoms with van der Waals surface area (Å²) in [5.74, 6) is -3.06. The van der Waals surface area contributed by atoms with E-state index < -0.39 is 30.2 Å². The average Bonchev–Trinajstić information content (AvgIpc) is 2.64. The van der Waals surface area contributed by atoms with Gasteiger partial charge >= 0.3 is 0 Å². The van der Waals surface area contributed by atoms with Gasteiger partial charge in [0.1, 0.15) is 6.04 Å². The van der Waals surface area contributed by atoms with E-state index in [-0.39, 0.29) is 19.5 Å². The second kappa shape index (κ2) is 8.83. The van der Waals surface area contributed by atoms with Crippen molar-refractivity contribution >= 4 is 11.8 Å². The fourth-order valence-corrected chi connectivity index (χ4v) is 2.91. The van der Waals surface area contributed by atoms with Crippen LogP contribution in [-0.2, 0) is 16.0 Å². The van der Waals surface area contributed by atoms with Crippen molar-refractivity contribution in [3.63, 3.8) is 0 Å². The molecular weight excluding hydrogens is 358 g/mol. The number of carbonyl (C=O) groups is 2.